The van der Waals surface area contributed by atoms with Gasteiger partial charge < -0.3 is 15.4 Å². The van der Waals surface area contributed by atoms with Gasteiger partial charge >= 0.3 is 0 Å². The van der Waals surface area contributed by atoms with E-state index in [-0.39, 0.29) is 17.2 Å². The summed E-state index contributed by atoms with van der Waals surface area (Å²) in [7, 11) is 0. The van der Waals surface area contributed by atoms with E-state index in [1.54, 1.807) is 0 Å². The first-order chi connectivity index (χ1) is 5.11. The van der Waals surface area contributed by atoms with Gasteiger partial charge in [-0.2, -0.15) is 0 Å². The number of quaternary nitrogens is 1. The van der Waals surface area contributed by atoms with Crippen molar-refractivity contribution in [3.8, 4) is 0 Å². The van der Waals surface area contributed by atoms with Crippen LogP contribution in [0.2, 0.25) is 0 Å². The molecule has 0 amide bonds. The molecule has 0 bridgehead atoms. The smallest absolute Gasteiger partial charge is 0.155 e. The largest absolute Gasteiger partial charge is 0.634 e. The van der Waals surface area contributed by atoms with E-state index in [9.17, 15) is 10.3 Å². The average Bonchev–Trinajstić information content (AvgIpc) is 1.86. The quantitative estimate of drug-likeness (QED) is 0.548. The SMILES string of the molecule is CC(C)CC[C@H]1[C@@H](O)C[NH+]1[O-]. The molecule has 3 atom stereocenters. The Hall–Kier alpha value is -0.120. The van der Waals surface area contributed by atoms with Crippen molar-refractivity contribution in [2.45, 2.75) is 38.8 Å². The summed E-state index contributed by atoms with van der Waals surface area (Å²) < 4.78 is 0. The minimum Gasteiger partial charge on any atom is -0.634 e. The molecular weight excluding hydrogens is 142 g/mol. The summed E-state index contributed by atoms with van der Waals surface area (Å²) in [6, 6.07) is -0.0302. The van der Waals surface area contributed by atoms with Crippen LogP contribution in [0.5, 0.6) is 0 Å². The molecule has 0 saturated carbocycles. The van der Waals surface area contributed by atoms with Crippen LogP contribution in [-0.2, 0) is 0 Å². The van der Waals surface area contributed by atoms with Gasteiger partial charge in [0.1, 0.15) is 12.6 Å². The topological polar surface area (TPSA) is 47.7 Å². The zero-order chi connectivity index (χ0) is 8.43. The molecule has 1 rings (SSSR count). The van der Waals surface area contributed by atoms with Crippen LogP contribution >= 0.6 is 0 Å². The highest BCUT2D eigenvalue weighted by molar-refractivity contribution is 4.75. The number of rotatable bonds is 3. The summed E-state index contributed by atoms with van der Waals surface area (Å²) in [5.74, 6) is 0.635. The number of hydrogen-bond donors (Lipinski definition) is 2. The van der Waals surface area contributed by atoms with Crippen LogP contribution in [0.3, 0.4) is 0 Å². The van der Waals surface area contributed by atoms with Gasteiger partial charge in [-0.1, -0.05) is 13.8 Å². The lowest BCUT2D eigenvalue weighted by Crippen LogP contribution is -3.21. The van der Waals surface area contributed by atoms with E-state index in [2.05, 4.69) is 13.8 Å². The van der Waals surface area contributed by atoms with Gasteiger partial charge in [0.2, 0.25) is 0 Å². The van der Waals surface area contributed by atoms with Crippen molar-refractivity contribution in [1.29, 1.82) is 0 Å². The van der Waals surface area contributed by atoms with Crippen molar-refractivity contribution >= 4 is 0 Å². The zero-order valence-electron chi connectivity index (χ0n) is 7.21. The maximum atomic E-state index is 10.9. The summed E-state index contributed by atoms with van der Waals surface area (Å²) in [6.45, 7) is 4.66. The van der Waals surface area contributed by atoms with Crippen molar-refractivity contribution in [1.82, 2.24) is 0 Å². The first kappa shape index (κ1) is 8.97. The molecule has 1 aliphatic heterocycles. The Labute approximate surface area is 67.6 Å². The van der Waals surface area contributed by atoms with Crippen LogP contribution in [0.1, 0.15) is 26.7 Å². The van der Waals surface area contributed by atoms with Crippen LogP contribution < -0.4 is 5.06 Å². The molecule has 0 spiro atoms. The average molecular weight is 159 g/mol. The van der Waals surface area contributed by atoms with Gasteiger partial charge in [0.25, 0.3) is 0 Å². The standard InChI is InChI=1S/C8H17NO2/c1-6(2)3-4-7-8(10)5-9(7)11/h6-10H,3-5H2,1-2H3/t7-,8-/m0/s1. The Morgan fingerprint density at radius 1 is 1.64 bits per heavy atom. The third-order valence-corrected chi connectivity index (χ3v) is 2.34. The summed E-state index contributed by atoms with van der Waals surface area (Å²) >= 11 is 0. The Kier molecular flexibility index (Phi) is 2.87. The van der Waals surface area contributed by atoms with Crippen LogP contribution in [0.15, 0.2) is 0 Å². The highest BCUT2D eigenvalue weighted by Crippen LogP contribution is 2.10. The van der Waals surface area contributed by atoms with Crippen LogP contribution in [0.25, 0.3) is 0 Å². The second-order valence-electron chi connectivity index (χ2n) is 3.82. The van der Waals surface area contributed by atoms with E-state index < -0.39 is 0 Å². The van der Waals surface area contributed by atoms with E-state index in [0.717, 1.165) is 12.8 Å². The van der Waals surface area contributed by atoms with Crippen molar-refractivity contribution in [2.24, 2.45) is 5.92 Å². The molecule has 11 heavy (non-hydrogen) atoms. The highest BCUT2D eigenvalue weighted by Gasteiger charge is 2.36. The number of aliphatic hydroxyl groups excluding tert-OH is 1. The monoisotopic (exact) mass is 159 g/mol. The number of nitrogens with one attached hydrogen (secondary N) is 1. The number of hydroxylamine groups is 2. The molecule has 0 radical (unpaired) electrons. The molecule has 0 aromatic heterocycles. The van der Waals surface area contributed by atoms with Crippen molar-refractivity contribution < 1.29 is 10.2 Å². The molecule has 3 heteroatoms. The molecule has 1 fully saturated rings. The lowest BCUT2D eigenvalue weighted by Gasteiger charge is -2.44. The Balaban J connectivity index is 2.15. The Bertz CT molecular complexity index is 119. The molecule has 1 saturated heterocycles. The lowest BCUT2D eigenvalue weighted by molar-refractivity contribution is -0.932. The van der Waals surface area contributed by atoms with Crippen molar-refractivity contribution in [3.63, 3.8) is 0 Å². The van der Waals surface area contributed by atoms with Gasteiger partial charge in [0.05, 0.1) is 0 Å². The summed E-state index contributed by atoms with van der Waals surface area (Å²) in [5.41, 5.74) is 0. The van der Waals surface area contributed by atoms with Gasteiger partial charge in [0, 0.05) is 6.42 Å². The molecule has 66 valence electrons. The molecule has 0 aromatic carbocycles. The van der Waals surface area contributed by atoms with Crippen molar-refractivity contribution in [2.75, 3.05) is 6.54 Å². The fraction of sp³-hybridized carbons (Fsp3) is 1.00. The molecule has 3 nitrogen and oxygen atoms in total. The van der Waals surface area contributed by atoms with E-state index in [1.165, 1.54) is 0 Å². The molecular formula is C8H17NO2. The molecule has 1 aliphatic rings. The lowest BCUT2D eigenvalue weighted by atomic mass is 9.94. The minimum absolute atomic E-state index is 0.0302. The van der Waals surface area contributed by atoms with Gasteiger partial charge in [-0.3, -0.25) is 0 Å². The van der Waals surface area contributed by atoms with Crippen LogP contribution in [-0.4, -0.2) is 23.8 Å². The third kappa shape index (κ3) is 2.15. The predicted octanol–water partition coefficient (Wildman–Crippen LogP) is -0.452. The molecule has 0 aliphatic carbocycles. The van der Waals surface area contributed by atoms with E-state index in [0.29, 0.717) is 12.5 Å². The number of hydrogen-bond acceptors (Lipinski definition) is 2. The predicted molar refractivity (Wildman–Crippen MR) is 43.1 cm³/mol. The summed E-state index contributed by atoms with van der Waals surface area (Å²) in [4.78, 5) is 0. The molecule has 0 aromatic rings. The van der Waals surface area contributed by atoms with Gasteiger partial charge in [-0.15, -0.1) is 0 Å². The van der Waals surface area contributed by atoms with E-state index in [1.807, 2.05) is 0 Å². The molecule has 1 heterocycles. The van der Waals surface area contributed by atoms with Crippen molar-refractivity contribution in [3.05, 3.63) is 5.21 Å². The minimum atomic E-state index is -0.332. The Morgan fingerprint density at radius 3 is 2.64 bits per heavy atom. The zero-order valence-corrected chi connectivity index (χ0v) is 7.21. The normalized spacial score (nSPS) is 37.4. The molecule has 2 N–H and O–H groups in total. The maximum Gasteiger partial charge on any atom is 0.155 e. The van der Waals surface area contributed by atoms with Gasteiger partial charge in [-0.25, -0.2) is 0 Å². The first-order valence-corrected chi connectivity index (χ1v) is 4.32. The van der Waals surface area contributed by atoms with Crippen LogP contribution in [0, 0.1) is 11.1 Å². The summed E-state index contributed by atoms with van der Waals surface area (Å²) in [5, 5.41) is 20.3. The summed E-state index contributed by atoms with van der Waals surface area (Å²) in [6.07, 6.45) is 1.59. The third-order valence-electron chi connectivity index (χ3n) is 2.34. The molecule has 1 unspecified atom stereocenters. The van der Waals surface area contributed by atoms with E-state index in [4.69, 9.17) is 0 Å². The highest BCUT2D eigenvalue weighted by atomic mass is 16.5. The second-order valence-corrected chi connectivity index (χ2v) is 3.82. The van der Waals surface area contributed by atoms with Gasteiger partial charge in [0.15, 0.2) is 6.10 Å². The van der Waals surface area contributed by atoms with Gasteiger partial charge in [-0.05, 0) is 12.3 Å². The Morgan fingerprint density at radius 2 is 2.27 bits per heavy atom. The van der Waals surface area contributed by atoms with Crippen LogP contribution in [0.4, 0.5) is 0 Å². The maximum absolute atomic E-state index is 10.9. The second kappa shape index (κ2) is 3.52. The first-order valence-electron chi connectivity index (χ1n) is 4.32. The fourth-order valence-electron chi connectivity index (χ4n) is 1.42. The van der Waals surface area contributed by atoms with E-state index >= 15 is 0 Å². The number of aliphatic hydroxyl groups is 1. The fourth-order valence-corrected chi connectivity index (χ4v) is 1.42.